The van der Waals surface area contributed by atoms with Gasteiger partial charge in [-0.05, 0) is 130 Å². The number of carbonyl (C=O) groups is 7. The molecular weight excluding hydrogens is 963 g/mol. The van der Waals surface area contributed by atoms with E-state index in [-0.39, 0.29) is 86.2 Å². The fraction of sp³-hybridized carbons (Fsp3) is 0.576. The molecule has 8 unspecified atom stereocenters. The molecule has 0 aromatic heterocycles. The van der Waals surface area contributed by atoms with Crippen molar-refractivity contribution in [3.05, 3.63) is 106 Å². The van der Waals surface area contributed by atoms with E-state index in [4.69, 9.17) is 4.74 Å². The number of likely N-dealkylation sites (N-methyl/N-ethyl adjacent to an activating group) is 2. The second kappa shape index (κ2) is 24.9. The highest BCUT2D eigenvalue weighted by molar-refractivity contribution is 5.97. The molecule has 7 amide bonds. The Morgan fingerprint density at radius 1 is 0.605 bits per heavy atom. The number of nitrogens with one attached hydrogen (secondary N) is 7. The van der Waals surface area contributed by atoms with Crippen molar-refractivity contribution in [3.63, 3.8) is 0 Å². The van der Waals surface area contributed by atoms with E-state index in [2.05, 4.69) is 55.4 Å². The number of fused-ring (bicyclic) bond motifs is 2. The summed E-state index contributed by atoms with van der Waals surface area (Å²) in [6.45, 7) is 15.3. The monoisotopic (exact) mass is 1050 g/mol. The van der Waals surface area contributed by atoms with Crippen molar-refractivity contribution in [2.45, 2.75) is 180 Å². The minimum absolute atomic E-state index is 0.0677. The van der Waals surface area contributed by atoms with Crippen LogP contribution in [-0.4, -0.2) is 127 Å². The van der Waals surface area contributed by atoms with Crippen LogP contribution in [0.2, 0.25) is 0 Å². The SMILES string of the molecule is CN[C@@H](C)C(=O)NC(C(=O)N1CCC(OCc2ccc(C(=O)NC3CC(C(=O)NC4CCCc5ccccc54)N(C(=O)C(NC(=O)[C@H](C)NC)C(C)(C)C)C3)cc2)CC1C(=O)NC1CCCc2ccccc21)C(C)(C)C. The van der Waals surface area contributed by atoms with Gasteiger partial charge in [-0.1, -0.05) is 102 Å². The Kier molecular flexibility index (Phi) is 18.8. The van der Waals surface area contributed by atoms with E-state index >= 15 is 0 Å². The Morgan fingerprint density at radius 2 is 1.08 bits per heavy atom. The van der Waals surface area contributed by atoms with Crippen molar-refractivity contribution >= 4 is 41.4 Å². The van der Waals surface area contributed by atoms with Gasteiger partial charge in [-0.25, -0.2) is 0 Å². The zero-order chi connectivity index (χ0) is 55.1. The number of rotatable bonds is 17. The molecule has 7 N–H and O–H groups in total. The Balaban J connectivity index is 1.03. The average molecular weight is 1050 g/mol. The van der Waals surface area contributed by atoms with Gasteiger partial charge in [0, 0.05) is 31.1 Å². The molecule has 412 valence electrons. The highest BCUT2D eigenvalue weighted by Gasteiger charge is 2.47. The maximum Gasteiger partial charge on any atom is 0.251 e. The van der Waals surface area contributed by atoms with Crippen LogP contribution in [0, 0.1) is 10.8 Å². The summed E-state index contributed by atoms with van der Waals surface area (Å²) in [6, 6.07) is 17.6. The number of ether oxygens (including phenoxy) is 1. The molecule has 17 heteroatoms. The summed E-state index contributed by atoms with van der Waals surface area (Å²) >= 11 is 0. The second-order valence-electron chi connectivity index (χ2n) is 23.6. The fourth-order valence-electron chi connectivity index (χ4n) is 11.0. The van der Waals surface area contributed by atoms with Gasteiger partial charge in [0.1, 0.15) is 24.2 Å². The van der Waals surface area contributed by atoms with Gasteiger partial charge in [0.15, 0.2) is 0 Å². The van der Waals surface area contributed by atoms with Crippen LogP contribution in [0.15, 0.2) is 72.8 Å². The average Bonchev–Trinajstić information content (AvgIpc) is 3.83. The van der Waals surface area contributed by atoms with Crippen molar-refractivity contribution in [3.8, 4) is 0 Å². The van der Waals surface area contributed by atoms with E-state index in [1.165, 1.54) is 16.0 Å². The van der Waals surface area contributed by atoms with E-state index in [1.54, 1.807) is 45.0 Å². The third-order valence-corrected chi connectivity index (χ3v) is 15.9. The lowest BCUT2D eigenvalue weighted by molar-refractivity contribution is -0.151. The molecule has 2 heterocycles. The van der Waals surface area contributed by atoms with Crippen molar-refractivity contribution in [1.29, 1.82) is 0 Å². The van der Waals surface area contributed by atoms with Gasteiger partial charge >= 0.3 is 0 Å². The van der Waals surface area contributed by atoms with Crippen LogP contribution in [0.5, 0.6) is 0 Å². The van der Waals surface area contributed by atoms with E-state index in [0.717, 1.165) is 55.2 Å². The molecule has 0 radical (unpaired) electrons. The van der Waals surface area contributed by atoms with Crippen molar-refractivity contribution < 1.29 is 38.3 Å². The maximum atomic E-state index is 14.6. The number of aryl methyl sites for hydroxylation is 2. The Morgan fingerprint density at radius 3 is 1.57 bits per heavy atom. The van der Waals surface area contributed by atoms with Crippen LogP contribution in [0.4, 0.5) is 0 Å². The smallest absolute Gasteiger partial charge is 0.251 e. The molecular formula is C59H83N9O8. The number of benzene rings is 3. The molecule has 0 saturated carbocycles. The molecule has 2 fully saturated rings. The highest BCUT2D eigenvalue weighted by atomic mass is 16.5. The predicted octanol–water partition coefficient (Wildman–Crippen LogP) is 4.93. The summed E-state index contributed by atoms with van der Waals surface area (Å²) in [5, 5.41) is 21.4. The quantitative estimate of drug-likeness (QED) is 0.0968. The predicted molar refractivity (Wildman–Crippen MR) is 291 cm³/mol. The molecule has 2 aliphatic heterocycles. The highest BCUT2D eigenvalue weighted by Crippen LogP contribution is 2.34. The Hall–Kier alpha value is -6.17. The van der Waals surface area contributed by atoms with Crippen LogP contribution >= 0.6 is 0 Å². The maximum absolute atomic E-state index is 14.6. The molecule has 0 bridgehead atoms. The zero-order valence-electron chi connectivity index (χ0n) is 46.3. The van der Waals surface area contributed by atoms with Gasteiger partial charge in [-0.3, -0.25) is 33.6 Å². The van der Waals surface area contributed by atoms with E-state index in [1.807, 2.05) is 84.0 Å². The first-order valence-corrected chi connectivity index (χ1v) is 27.4. The van der Waals surface area contributed by atoms with Crippen LogP contribution in [0.1, 0.15) is 151 Å². The summed E-state index contributed by atoms with van der Waals surface area (Å²) in [6.07, 6.45) is 5.76. The minimum Gasteiger partial charge on any atom is -0.373 e. The third-order valence-electron chi connectivity index (χ3n) is 15.9. The van der Waals surface area contributed by atoms with Crippen molar-refractivity contribution in [2.24, 2.45) is 10.8 Å². The van der Waals surface area contributed by atoms with Gasteiger partial charge in [-0.15, -0.1) is 0 Å². The van der Waals surface area contributed by atoms with E-state index in [9.17, 15) is 33.6 Å². The Labute approximate surface area is 449 Å². The molecule has 0 spiro atoms. The van der Waals surface area contributed by atoms with Crippen LogP contribution in [0.25, 0.3) is 0 Å². The van der Waals surface area contributed by atoms with Crippen LogP contribution < -0.4 is 37.2 Å². The molecule has 4 aliphatic rings. The van der Waals surface area contributed by atoms with Gasteiger partial charge in [0.05, 0.1) is 36.9 Å². The van der Waals surface area contributed by atoms with Crippen LogP contribution in [0.3, 0.4) is 0 Å². The van der Waals surface area contributed by atoms with Crippen molar-refractivity contribution in [1.82, 2.24) is 47.0 Å². The summed E-state index contributed by atoms with van der Waals surface area (Å²) in [5.41, 5.74) is 4.36. The number of nitrogens with zero attached hydrogens (tertiary/aromatic N) is 2. The van der Waals surface area contributed by atoms with Gasteiger partial charge in [-0.2, -0.15) is 0 Å². The van der Waals surface area contributed by atoms with E-state index in [0.29, 0.717) is 12.0 Å². The molecule has 2 aliphatic carbocycles. The van der Waals surface area contributed by atoms with Crippen LogP contribution in [-0.2, 0) is 53.0 Å². The minimum atomic E-state index is -0.948. The number of amides is 7. The molecule has 3 aromatic rings. The molecule has 3 aromatic carbocycles. The largest absolute Gasteiger partial charge is 0.373 e. The third kappa shape index (κ3) is 13.9. The molecule has 7 rings (SSSR count). The fourth-order valence-corrected chi connectivity index (χ4v) is 11.0. The number of carbonyl (C=O) groups excluding carboxylic acids is 7. The van der Waals surface area contributed by atoms with Gasteiger partial charge in [0.2, 0.25) is 35.4 Å². The standard InChI is InChI=1S/C59H83N9O8/c1-35(60-9)51(69)65-49(58(3,4)5)56(74)67-30-29-42(32-48(67)55(73)64-46-24-16-20-39-18-12-14-22-44(39)46)76-34-37-25-27-40(28-26-37)53(71)62-41-31-47(54(72)63-45-23-15-19-38-17-11-13-21-43(38)45)68(33-41)57(75)50(59(6,7)8)66-52(70)36(2)61-10/h11-14,17-18,21-22,25-28,35-36,41-42,45-50,60-61H,15-16,19-20,23-24,29-34H2,1-10H3,(H,62,71)(H,63,72)(H,64,73)(H,65,69)(H,66,70)/t35-,36-,41?,42?,45?,46?,47?,48?,49?,50?/m0/s1. The first-order chi connectivity index (χ1) is 36.1. The van der Waals surface area contributed by atoms with Gasteiger partial charge < -0.3 is 51.8 Å². The number of hydrogen-bond acceptors (Lipinski definition) is 10. The summed E-state index contributed by atoms with van der Waals surface area (Å²) in [4.78, 5) is 102. The van der Waals surface area contributed by atoms with Gasteiger partial charge in [0.25, 0.3) is 5.91 Å². The summed E-state index contributed by atoms with van der Waals surface area (Å²) in [5.74, 6) is -2.31. The second-order valence-corrected chi connectivity index (χ2v) is 23.6. The molecule has 17 nitrogen and oxygen atoms in total. The topological polar surface area (TPSA) is 219 Å². The zero-order valence-corrected chi connectivity index (χ0v) is 46.3. The number of hydrogen-bond donors (Lipinski definition) is 7. The van der Waals surface area contributed by atoms with Crippen molar-refractivity contribution in [2.75, 3.05) is 27.2 Å². The molecule has 10 atom stereocenters. The number of likely N-dealkylation sites (tertiary alicyclic amines) is 2. The number of piperidine rings is 1. The summed E-state index contributed by atoms with van der Waals surface area (Å²) in [7, 11) is 3.36. The molecule has 2 saturated heterocycles. The lowest BCUT2D eigenvalue weighted by atomic mass is 9.84. The lowest BCUT2D eigenvalue weighted by Crippen LogP contribution is -2.63. The first-order valence-electron chi connectivity index (χ1n) is 27.4. The Bertz CT molecular complexity index is 2570. The first kappa shape index (κ1) is 57.5. The summed E-state index contributed by atoms with van der Waals surface area (Å²) < 4.78 is 6.50. The molecule has 76 heavy (non-hydrogen) atoms. The van der Waals surface area contributed by atoms with E-state index < -0.39 is 59.0 Å². The lowest BCUT2D eigenvalue weighted by Gasteiger charge is -2.43. The normalized spacial score (nSPS) is 23.1.